The summed E-state index contributed by atoms with van der Waals surface area (Å²) in [5.41, 5.74) is 0.953. The zero-order chi connectivity index (χ0) is 23.2. The summed E-state index contributed by atoms with van der Waals surface area (Å²) in [4.78, 5) is 24.7. The van der Waals surface area contributed by atoms with Crippen molar-refractivity contribution in [2.45, 2.75) is 63.8 Å². The molecule has 0 spiro atoms. The van der Waals surface area contributed by atoms with Crippen LogP contribution < -0.4 is 16.2 Å². The Morgan fingerprint density at radius 3 is 2.73 bits per heavy atom. The Kier molecular flexibility index (Phi) is 5.55. The molecule has 2 fully saturated rings. The molecule has 2 aliphatic rings. The zero-order valence-electron chi connectivity index (χ0n) is 19.4. The molecule has 33 heavy (non-hydrogen) atoms. The van der Waals surface area contributed by atoms with Gasteiger partial charge in [0.2, 0.25) is 5.95 Å². The molecular weight excluding hydrogens is 423 g/mol. The minimum atomic E-state index is -1.12. The average molecular weight is 455 g/mol. The third-order valence-corrected chi connectivity index (χ3v) is 6.61. The lowest BCUT2D eigenvalue weighted by atomic mass is 10.1. The fourth-order valence-corrected chi connectivity index (χ4v) is 4.33. The summed E-state index contributed by atoms with van der Waals surface area (Å²) in [5, 5.41) is 11.6. The second kappa shape index (κ2) is 8.40. The van der Waals surface area contributed by atoms with Gasteiger partial charge in [0, 0.05) is 17.9 Å². The minimum absolute atomic E-state index is 0.00161. The van der Waals surface area contributed by atoms with Crippen LogP contribution in [0.25, 0.3) is 10.9 Å². The van der Waals surface area contributed by atoms with Crippen LogP contribution in [0.2, 0.25) is 0 Å². The Bertz CT molecular complexity index is 1210. The van der Waals surface area contributed by atoms with E-state index in [1.54, 1.807) is 18.5 Å². The number of halogens is 1. The largest absolute Gasteiger partial charge is 0.364 e. The van der Waals surface area contributed by atoms with E-state index in [-0.39, 0.29) is 17.6 Å². The van der Waals surface area contributed by atoms with Gasteiger partial charge in [-0.05, 0) is 65.7 Å². The Morgan fingerprint density at radius 1 is 1.27 bits per heavy atom. The van der Waals surface area contributed by atoms with Crippen LogP contribution in [-0.2, 0) is 6.54 Å². The smallest absolute Gasteiger partial charge is 0.263 e. The van der Waals surface area contributed by atoms with Crippen LogP contribution in [-0.4, -0.2) is 61.1 Å². The number of pyridine rings is 1. The number of nitrogens with one attached hydrogen (secondary N) is 2. The first-order valence-electron chi connectivity index (χ1n) is 11.6. The summed E-state index contributed by atoms with van der Waals surface area (Å²) in [6, 6.07) is 2.13. The number of hydrogen-bond acceptors (Lipinski definition) is 7. The highest BCUT2D eigenvalue weighted by Gasteiger charge is 2.38. The number of alkyl halides is 1. The number of hydrogen-bond donors (Lipinski definition) is 2. The second-order valence-corrected chi connectivity index (χ2v) is 9.76. The molecule has 3 aromatic heterocycles. The number of piperidine rings is 1. The topological polar surface area (TPSA) is 92.9 Å². The summed E-state index contributed by atoms with van der Waals surface area (Å²) in [5.74, 6) is 0.879. The van der Waals surface area contributed by atoms with Crippen molar-refractivity contribution in [1.29, 1.82) is 0 Å². The Hall–Kier alpha value is -3.01. The van der Waals surface area contributed by atoms with Crippen LogP contribution in [0.1, 0.15) is 45.6 Å². The van der Waals surface area contributed by atoms with E-state index in [0.717, 1.165) is 44.5 Å². The molecule has 5 rings (SSSR count). The van der Waals surface area contributed by atoms with Crippen molar-refractivity contribution in [2.75, 3.05) is 30.8 Å². The third-order valence-electron chi connectivity index (χ3n) is 6.61. The first-order chi connectivity index (χ1) is 15.8. The molecule has 10 heteroatoms. The van der Waals surface area contributed by atoms with Crippen molar-refractivity contribution < 1.29 is 4.39 Å². The van der Waals surface area contributed by atoms with E-state index >= 15 is 0 Å². The van der Waals surface area contributed by atoms with Crippen molar-refractivity contribution >= 4 is 28.4 Å². The molecule has 0 radical (unpaired) electrons. The highest BCUT2D eigenvalue weighted by Crippen LogP contribution is 2.39. The molecular formula is C23H31FN8O. The molecule has 1 atom stereocenters. The van der Waals surface area contributed by atoms with Crippen LogP contribution in [0.3, 0.4) is 0 Å². The van der Waals surface area contributed by atoms with E-state index in [1.807, 2.05) is 10.9 Å². The predicted octanol–water partition coefficient (Wildman–Crippen LogP) is 3.32. The first-order valence-corrected chi connectivity index (χ1v) is 11.6. The van der Waals surface area contributed by atoms with Crippen molar-refractivity contribution in [1.82, 2.24) is 29.2 Å². The highest BCUT2D eigenvalue weighted by atomic mass is 19.1. The third kappa shape index (κ3) is 4.71. The van der Waals surface area contributed by atoms with Gasteiger partial charge < -0.3 is 20.1 Å². The van der Waals surface area contributed by atoms with Gasteiger partial charge in [0.15, 0.2) is 0 Å². The van der Waals surface area contributed by atoms with Gasteiger partial charge in [0.05, 0.1) is 30.0 Å². The molecule has 3 aromatic rings. The lowest BCUT2D eigenvalue weighted by Gasteiger charge is -2.28. The summed E-state index contributed by atoms with van der Waals surface area (Å²) in [6.07, 6.45) is 8.39. The number of anilines is 3. The normalized spacial score (nSPS) is 19.5. The maximum Gasteiger partial charge on any atom is 0.263 e. The van der Waals surface area contributed by atoms with E-state index in [4.69, 9.17) is 0 Å². The Morgan fingerprint density at radius 2 is 2.03 bits per heavy atom. The number of likely N-dealkylation sites (tertiary alicyclic amines) is 1. The van der Waals surface area contributed by atoms with E-state index in [2.05, 4.69) is 44.6 Å². The molecule has 1 aliphatic heterocycles. The van der Waals surface area contributed by atoms with E-state index in [1.165, 1.54) is 11.5 Å². The minimum Gasteiger partial charge on any atom is -0.364 e. The predicted molar refractivity (Wildman–Crippen MR) is 127 cm³/mol. The highest BCUT2D eigenvalue weighted by molar-refractivity contribution is 5.90. The van der Waals surface area contributed by atoms with Crippen molar-refractivity contribution in [3.05, 3.63) is 35.0 Å². The van der Waals surface area contributed by atoms with Crippen molar-refractivity contribution in [3.8, 4) is 0 Å². The van der Waals surface area contributed by atoms with Crippen LogP contribution in [0.4, 0.5) is 21.8 Å². The molecule has 0 unspecified atom stereocenters. The lowest BCUT2D eigenvalue weighted by Crippen LogP contribution is -2.31. The van der Waals surface area contributed by atoms with Crippen LogP contribution in [0.5, 0.6) is 0 Å². The van der Waals surface area contributed by atoms with Crippen LogP contribution in [0.15, 0.2) is 29.5 Å². The van der Waals surface area contributed by atoms with Gasteiger partial charge in [-0.3, -0.25) is 9.48 Å². The van der Waals surface area contributed by atoms with E-state index in [0.29, 0.717) is 28.7 Å². The summed E-state index contributed by atoms with van der Waals surface area (Å²) in [7, 11) is 2.14. The average Bonchev–Trinajstić information content (AvgIpc) is 3.30. The van der Waals surface area contributed by atoms with Crippen molar-refractivity contribution in [3.63, 3.8) is 0 Å². The second-order valence-electron chi connectivity index (χ2n) is 9.76. The van der Waals surface area contributed by atoms with Gasteiger partial charge in [-0.15, -0.1) is 0 Å². The number of fused-ring (bicyclic) bond motifs is 1. The van der Waals surface area contributed by atoms with Gasteiger partial charge in [0.1, 0.15) is 17.4 Å². The fraction of sp³-hybridized carbons (Fsp3) is 0.565. The number of rotatable bonds is 7. The quantitative estimate of drug-likeness (QED) is 0.566. The van der Waals surface area contributed by atoms with Gasteiger partial charge in [0.25, 0.3) is 5.56 Å². The standard InChI is InChI=1S/C23H31FN8O/c1-15(24)13-31-11-6-18-19(21(31)33)20(29-23(2)7-8-23)28-22(27-18)26-16-12-25-32(14-16)17-4-9-30(3)10-5-17/h6,11-12,14-15,17H,4-5,7-10,13H2,1-3H3,(H2,26,27,28,29)/t15-/m0/s1. The van der Waals surface area contributed by atoms with Crippen LogP contribution in [0, 0.1) is 0 Å². The number of aromatic nitrogens is 5. The fourth-order valence-electron chi connectivity index (χ4n) is 4.33. The zero-order valence-corrected chi connectivity index (χ0v) is 19.4. The number of nitrogens with zero attached hydrogens (tertiary/aromatic N) is 6. The van der Waals surface area contributed by atoms with Gasteiger partial charge in [-0.2, -0.15) is 10.1 Å². The van der Waals surface area contributed by atoms with E-state index in [9.17, 15) is 9.18 Å². The molecule has 176 valence electrons. The summed E-state index contributed by atoms with van der Waals surface area (Å²) >= 11 is 0. The molecule has 1 saturated heterocycles. The monoisotopic (exact) mass is 454 g/mol. The first kappa shape index (κ1) is 21.8. The van der Waals surface area contributed by atoms with E-state index < -0.39 is 6.17 Å². The summed E-state index contributed by atoms with van der Waals surface area (Å²) < 4.78 is 17.0. The van der Waals surface area contributed by atoms with Gasteiger partial charge in [-0.1, -0.05) is 0 Å². The summed E-state index contributed by atoms with van der Waals surface area (Å²) in [6.45, 7) is 5.67. The SMILES string of the molecule is C[C@H](F)Cn1ccc2nc(Nc3cnn(C4CCN(C)CC4)c3)nc(NC3(C)CC3)c2c1=O. The molecule has 0 aromatic carbocycles. The molecule has 9 nitrogen and oxygen atoms in total. The molecule has 1 aliphatic carbocycles. The molecule has 1 saturated carbocycles. The Labute approximate surface area is 192 Å². The van der Waals surface area contributed by atoms with Gasteiger partial charge in [-0.25, -0.2) is 9.37 Å². The molecule has 4 heterocycles. The van der Waals surface area contributed by atoms with Gasteiger partial charge >= 0.3 is 0 Å². The molecule has 0 amide bonds. The molecule has 0 bridgehead atoms. The lowest BCUT2D eigenvalue weighted by molar-refractivity contribution is 0.212. The molecule has 2 N–H and O–H groups in total. The maximum atomic E-state index is 13.6. The maximum absolute atomic E-state index is 13.6. The Balaban J connectivity index is 1.46. The van der Waals surface area contributed by atoms with Crippen LogP contribution >= 0.6 is 0 Å². The van der Waals surface area contributed by atoms with Crippen molar-refractivity contribution in [2.24, 2.45) is 0 Å².